The highest BCUT2D eigenvalue weighted by Crippen LogP contribution is 2.38. The zero-order valence-electron chi connectivity index (χ0n) is 28.1. The summed E-state index contributed by atoms with van der Waals surface area (Å²) in [4.78, 5) is 45.6. The van der Waals surface area contributed by atoms with Crippen molar-refractivity contribution in [3.8, 4) is 34.5 Å². The Hall–Kier alpha value is -5.79. The van der Waals surface area contributed by atoms with Gasteiger partial charge in [-0.25, -0.2) is 4.98 Å². The van der Waals surface area contributed by atoms with Gasteiger partial charge in [0.15, 0.2) is 28.6 Å². The van der Waals surface area contributed by atoms with Crippen LogP contribution < -0.4 is 34.3 Å². The third-order valence-corrected chi connectivity index (χ3v) is 8.70. The Morgan fingerprint density at radius 1 is 0.920 bits per heavy atom. The summed E-state index contributed by atoms with van der Waals surface area (Å²) in [6.45, 7) is 2.03. The fourth-order valence-electron chi connectivity index (χ4n) is 5.92. The van der Waals surface area contributed by atoms with Crippen molar-refractivity contribution in [2.75, 3.05) is 40.5 Å². The SMILES string of the molecule is COc1cc2ccc1Oc1ccc(cc1OC)C(=O)NCCOc1ccc(cc1)OC1(CCN(C(=O)CCCn3cncn3)CC1)C(=O)NC2. The second-order valence-electron chi connectivity index (χ2n) is 12.0. The largest absolute Gasteiger partial charge is 0.493 e. The number of amides is 3. The van der Waals surface area contributed by atoms with Gasteiger partial charge in [-0.05, 0) is 66.6 Å². The van der Waals surface area contributed by atoms with E-state index in [1.807, 2.05) is 6.07 Å². The summed E-state index contributed by atoms with van der Waals surface area (Å²) in [5, 5.41) is 9.99. The van der Waals surface area contributed by atoms with Gasteiger partial charge in [-0.1, -0.05) is 6.07 Å². The van der Waals surface area contributed by atoms with Gasteiger partial charge in [-0.2, -0.15) is 5.10 Å². The molecule has 0 aliphatic carbocycles. The first-order chi connectivity index (χ1) is 24.4. The molecular weight excluding hydrogens is 644 g/mol. The van der Waals surface area contributed by atoms with E-state index in [-0.39, 0.29) is 37.4 Å². The number of likely N-dealkylation sites (tertiary alicyclic amines) is 1. The number of carbonyl (C=O) groups is 3. The molecule has 2 N–H and O–H groups in total. The molecule has 7 aliphatic heterocycles. The lowest BCUT2D eigenvalue weighted by molar-refractivity contribution is -0.146. The number of hydrogen-bond donors (Lipinski definition) is 2. The molecule has 1 spiro atoms. The molecule has 7 aliphatic rings. The first-order valence-corrected chi connectivity index (χ1v) is 16.5. The highest BCUT2D eigenvalue weighted by molar-refractivity contribution is 5.95. The molecule has 0 unspecified atom stereocenters. The van der Waals surface area contributed by atoms with Gasteiger partial charge < -0.3 is 39.2 Å². The third-order valence-electron chi connectivity index (χ3n) is 8.70. The molecule has 1 saturated heterocycles. The van der Waals surface area contributed by atoms with E-state index in [1.54, 1.807) is 70.5 Å². The van der Waals surface area contributed by atoms with Crippen molar-refractivity contribution < 1.29 is 38.1 Å². The Morgan fingerprint density at radius 3 is 2.36 bits per heavy atom. The molecule has 0 saturated carbocycles. The molecule has 262 valence electrons. The molecule has 14 heteroatoms. The van der Waals surface area contributed by atoms with Crippen LogP contribution >= 0.6 is 0 Å². The number of hydrogen-bond acceptors (Lipinski definition) is 10. The number of aryl methyl sites for hydroxylation is 1. The summed E-state index contributed by atoms with van der Waals surface area (Å²) < 4.78 is 31.3. The van der Waals surface area contributed by atoms with Crippen molar-refractivity contribution in [2.24, 2.45) is 0 Å². The first kappa shape index (κ1) is 34.1. The lowest BCUT2D eigenvalue weighted by atomic mass is 9.89. The van der Waals surface area contributed by atoms with Crippen LogP contribution in [0.1, 0.15) is 41.6 Å². The van der Waals surface area contributed by atoms with Crippen molar-refractivity contribution in [1.29, 1.82) is 0 Å². The standard InChI is InChI=1S/C36H40N6O8/c1-46-31-20-25-5-11-29(31)49-30-12-6-26(21-32(30)47-2)34(44)38-15-19-48-27-7-9-28(10-8-27)50-36(35(45)39-22-25)13-17-41(18-14-36)33(43)4-3-16-42-24-37-23-40-42/h5-12,20-21,23-24H,3-4,13-19,22H2,1-2H3,(H,38,44)(H,39,45). The Kier molecular flexibility index (Phi) is 10.6. The summed E-state index contributed by atoms with van der Waals surface area (Å²) in [6, 6.07) is 17.3. The van der Waals surface area contributed by atoms with Crippen LogP contribution in [0.15, 0.2) is 73.3 Å². The number of piperidine rings is 1. The Bertz CT molecular complexity index is 1790. The molecule has 6 bridgehead atoms. The summed E-state index contributed by atoms with van der Waals surface area (Å²) in [7, 11) is 3.03. The normalized spacial score (nSPS) is 16.2. The minimum absolute atomic E-state index is 0.0232. The Labute approximate surface area is 289 Å². The Balaban J connectivity index is 1.21. The molecule has 8 heterocycles. The molecule has 0 atom stereocenters. The quantitative estimate of drug-likeness (QED) is 0.307. The van der Waals surface area contributed by atoms with Crippen LogP contribution in [0.25, 0.3) is 0 Å². The van der Waals surface area contributed by atoms with Crippen LogP contribution in [-0.2, 0) is 22.7 Å². The Morgan fingerprint density at radius 2 is 1.64 bits per heavy atom. The summed E-state index contributed by atoms with van der Waals surface area (Å²) in [6.07, 6.45) is 4.71. The van der Waals surface area contributed by atoms with E-state index in [9.17, 15) is 14.4 Å². The maximum absolute atomic E-state index is 14.0. The van der Waals surface area contributed by atoms with Crippen LogP contribution in [-0.4, -0.2) is 83.4 Å². The van der Waals surface area contributed by atoms with E-state index in [4.69, 9.17) is 23.7 Å². The minimum atomic E-state index is -1.21. The molecule has 3 aromatic carbocycles. The van der Waals surface area contributed by atoms with Crippen molar-refractivity contribution >= 4 is 17.7 Å². The lowest BCUT2D eigenvalue weighted by Crippen LogP contribution is -2.58. The number of aromatic nitrogens is 3. The van der Waals surface area contributed by atoms with Gasteiger partial charge in [0.25, 0.3) is 11.8 Å². The predicted molar refractivity (Wildman–Crippen MR) is 181 cm³/mol. The van der Waals surface area contributed by atoms with Gasteiger partial charge in [-0.3, -0.25) is 19.1 Å². The summed E-state index contributed by atoms with van der Waals surface area (Å²) >= 11 is 0. The van der Waals surface area contributed by atoms with Crippen LogP contribution in [0.3, 0.4) is 0 Å². The van der Waals surface area contributed by atoms with Crippen molar-refractivity contribution in [3.63, 3.8) is 0 Å². The van der Waals surface area contributed by atoms with E-state index in [2.05, 4.69) is 20.7 Å². The first-order valence-electron chi connectivity index (χ1n) is 16.5. The molecule has 4 aromatic rings. The lowest BCUT2D eigenvalue weighted by Gasteiger charge is -2.40. The third kappa shape index (κ3) is 8.08. The van der Waals surface area contributed by atoms with Crippen LogP contribution in [0, 0.1) is 0 Å². The van der Waals surface area contributed by atoms with Gasteiger partial charge in [0.2, 0.25) is 5.91 Å². The molecular formula is C36H40N6O8. The van der Waals surface area contributed by atoms with Gasteiger partial charge in [-0.15, -0.1) is 0 Å². The van der Waals surface area contributed by atoms with E-state index >= 15 is 0 Å². The molecule has 14 nitrogen and oxygen atoms in total. The van der Waals surface area contributed by atoms with Crippen LogP contribution in [0.5, 0.6) is 34.5 Å². The van der Waals surface area contributed by atoms with Crippen molar-refractivity contribution in [1.82, 2.24) is 30.3 Å². The van der Waals surface area contributed by atoms with E-state index in [0.29, 0.717) is 85.4 Å². The summed E-state index contributed by atoms with van der Waals surface area (Å²) in [5.74, 6) is 2.16. The zero-order chi connectivity index (χ0) is 34.9. The van der Waals surface area contributed by atoms with E-state index in [1.165, 1.54) is 20.5 Å². The maximum Gasteiger partial charge on any atom is 0.264 e. The maximum atomic E-state index is 14.0. The van der Waals surface area contributed by atoms with Gasteiger partial charge in [0, 0.05) is 51.0 Å². The van der Waals surface area contributed by atoms with Crippen LogP contribution in [0.4, 0.5) is 0 Å². The number of nitrogens with zero attached hydrogens (tertiary/aromatic N) is 4. The van der Waals surface area contributed by atoms with Crippen LogP contribution in [0.2, 0.25) is 0 Å². The number of carbonyl (C=O) groups excluding carboxylic acids is 3. The highest BCUT2D eigenvalue weighted by atomic mass is 16.5. The fourth-order valence-corrected chi connectivity index (χ4v) is 5.92. The van der Waals surface area contributed by atoms with Crippen molar-refractivity contribution in [2.45, 2.75) is 44.4 Å². The topological polar surface area (TPSA) is 155 Å². The molecule has 1 aromatic heterocycles. The minimum Gasteiger partial charge on any atom is -0.493 e. The number of benzene rings is 3. The second-order valence-corrected chi connectivity index (χ2v) is 12.0. The number of rotatable bonds is 6. The van der Waals surface area contributed by atoms with Gasteiger partial charge >= 0.3 is 0 Å². The second kappa shape index (κ2) is 15.6. The highest BCUT2D eigenvalue weighted by Gasteiger charge is 2.44. The average Bonchev–Trinajstić information content (AvgIpc) is 3.67. The van der Waals surface area contributed by atoms with Gasteiger partial charge in [0.05, 0.1) is 20.8 Å². The average molecular weight is 685 g/mol. The molecule has 0 radical (unpaired) electrons. The van der Waals surface area contributed by atoms with Gasteiger partial charge in [0.1, 0.15) is 30.8 Å². The predicted octanol–water partition coefficient (Wildman–Crippen LogP) is 3.75. The van der Waals surface area contributed by atoms with E-state index in [0.717, 1.165) is 5.56 Å². The zero-order valence-corrected chi connectivity index (χ0v) is 28.1. The smallest absolute Gasteiger partial charge is 0.264 e. The monoisotopic (exact) mass is 684 g/mol. The summed E-state index contributed by atoms with van der Waals surface area (Å²) in [5.41, 5.74) is -0.0363. The number of methoxy groups -OCH3 is 2. The molecule has 11 rings (SSSR count). The molecule has 50 heavy (non-hydrogen) atoms. The van der Waals surface area contributed by atoms with E-state index < -0.39 is 5.60 Å². The van der Waals surface area contributed by atoms with Crippen molar-refractivity contribution in [3.05, 3.63) is 84.4 Å². The molecule has 1 fully saturated rings. The number of ether oxygens (including phenoxy) is 5. The molecule has 3 amide bonds. The number of nitrogens with one attached hydrogen (secondary N) is 2. The fraction of sp³-hybridized carbons (Fsp3) is 0.361.